The van der Waals surface area contributed by atoms with Crippen LogP contribution in [0.25, 0.3) is 0 Å². The number of benzene rings is 1. The molecule has 1 aromatic rings. The van der Waals surface area contributed by atoms with Crippen molar-refractivity contribution in [1.29, 1.82) is 0 Å². The maximum Gasteiger partial charge on any atom is 0.335 e. The van der Waals surface area contributed by atoms with Crippen LogP contribution in [-0.2, 0) is 10.0 Å². The number of aromatic carboxylic acids is 1. The van der Waals surface area contributed by atoms with E-state index in [2.05, 4.69) is 4.72 Å². The van der Waals surface area contributed by atoms with Gasteiger partial charge in [0.25, 0.3) is 0 Å². The minimum atomic E-state index is -3.93. The number of hydrogen-bond donors (Lipinski definition) is 2. The maximum atomic E-state index is 13.7. The number of carboxylic acids is 1. The van der Waals surface area contributed by atoms with Crippen molar-refractivity contribution in [3.05, 3.63) is 29.1 Å². The molecule has 1 aliphatic rings. The molecule has 0 amide bonds. The highest BCUT2D eigenvalue weighted by Crippen LogP contribution is 2.51. The summed E-state index contributed by atoms with van der Waals surface area (Å²) in [5.41, 5.74) is -0.348. The van der Waals surface area contributed by atoms with Gasteiger partial charge >= 0.3 is 5.97 Å². The van der Waals surface area contributed by atoms with Crippen LogP contribution in [0, 0.1) is 24.1 Å². The van der Waals surface area contributed by atoms with E-state index in [1.165, 1.54) is 6.92 Å². The minimum absolute atomic E-state index is 0.0810. The lowest BCUT2D eigenvalue weighted by molar-refractivity contribution is 0.0696. The minimum Gasteiger partial charge on any atom is -0.478 e. The number of rotatable bonds is 5. The van der Waals surface area contributed by atoms with E-state index in [0.717, 1.165) is 18.6 Å². The third kappa shape index (κ3) is 3.24. The van der Waals surface area contributed by atoms with Gasteiger partial charge in [-0.15, -0.1) is 0 Å². The van der Waals surface area contributed by atoms with Crippen LogP contribution in [0.5, 0.6) is 0 Å². The molecule has 1 atom stereocenters. The van der Waals surface area contributed by atoms with Crippen molar-refractivity contribution in [2.24, 2.45) is 11.3 Å². The fourth-order valence-electron chi connectivity index (χ4n) is 2.27. The van der Waals surface area contributed by atoms with Gasteiger partial charge < -0.3 is 5.11 Å². The molecular formula is C14H18FNO4S. The summed E-state index contributed by atoms with van der Waals surface area (Å²) in [6, 6.07) is 1.81. The first kappa shape index (κ1) is 15.9. The molecule has 0 aliphatic heterocycles. The molecule has 2 N–H and O–H groups in total. The summed E-state index contributed by atoms with van der Waals surface area (Å²) in [5, 5.41) is 8.91. The molecule has 1 unspecified atom stereocenters. The summed E-state index contributed by atoms with van der Waals surface area (Å²) in [6.07, 6.45) is 0.929. The van der Waals surface area contributed by atoms with Crippen molar-refractivity contribution < 1.29 is 22.7 Å². The van der Waals surface area contributed by atoms with Crippen LogP contribution in [0.2, 0.25) is 0 Å². The number of halogens is 1. The van der Waals surface area contributed by atoms with Crippen molar-refractivity contribution in [2.75, 3.05) is 6.54 Å². The van der Waals surface area contributed by atoms with Crippen LogP contribution in [0.4, 0.5) is 4.39 Å². The summed E-state index contributed by atoms with van der Waals surface area (Å²) in [4.78, 5) is 10.6. The number of carboxylic acid groups (broad SMARTS) is 1. The highest BCUT2D eigenvalue weighted by Gasteiger charge is 2.45. The van der Waals surface area contributed by atoms with E-state index in [1.54, 1.807) is 0 Å². The topological polar surface area (TPSA) is 83.5 Å². The lowest BCUT2D eigenvalue weighted by atomic mass is 10.1. The lowest BCUT2D eigenvalue weighted by Crippen LogP contribution is -2.28. The molecule has 1 saturated carbocycles. The molecule has 1 aliphatic carbocycles. The fraction of sp³-hybridized carbons (Fsp3) is 0.500. The maximum absolute atomic E-state index is 13.7. The summed E-state index contributed by atoms with van der Waals surface area (Å²) < 4.78 is 40.7. The van der Waals surface area contributed by atoms with Crippen LogP contribution < -0.4 is 4.72 Å². The Labute approximate surface area is 123 Å². The number of hydrogen-bond acceptors (Lipinski definition) is 3. The van der Waals surface area contributed by atoms with E-state index in [4.69, 9.17) is 5.11 Å². The Morgan fingerprint density at radius 1 is 1.48 bits per heavy atom. The zero-order valence-electron chi connectivity index (χ0n) is 12.1. The summed E-state index contributed by atoms with van der Waals surface area (Å²) >= 11 is 0. The Balaban J connectivity index is 2.29. The summed E-state index contributed by atoms with van der Waals surface area (Å²) in [5.74, 6) is -1.96. The van der Waals surface area contributed by atoms with Gasteiger partial charge in [0.1, 0.15) is 5.82 Å². The fourth-order valence-corrected chi connectivity index (χ4v) is 3.63. The van der Waals surface area contributed by atoms with Crippen LogP contribution in [0.15, 0.2) is 17.0 Å². The molecular weight excluding hydrogens is 297 g/mol. The first-order valence-corrected chi connectivity index (χ1v) is 8.06. The molecule has 0 bridgehead atoms. The average Bonchev–Trinajstić information content (AvgIpc) is 2.97. The van der Waals surface area contributed by atoms with Gasteiger partial charge in [-0.2, -0.15) is 0 Å². The molecule has 21 heavy (non-hydrogen) atoms. The molecule has 0 spiro atoms. The molecule has 0 saturated heterocycles. The van der Waals surface area contributed by atoms with Gasteiger partial charge in [-0.25, -0.2) is 22.3 Å². The molecule has 5 nitrogen and oxygen atoms in total. The van der Waals surface area contributed by atoms with E-state index >= 15 is 0 Å². The summed E-state index contributed by atoms with van der Waals surface area (Å²) in [7, 11) is -3.93. The third-order valence-electron chi connectivity index (χ3n) is 4.07. The van der Waals surface area contributed by atoms with Crippen molar-refractivity contribution in [2.45, 2.75) is 32.1 Å². The van der Waals surface area contributed by atoms with E-state index in [-0.39, 0.29) is 33.9 Å². The predicted molar refractivity (Wildman–Crippen MR) is 75.2 cm³/mol. The van der Waals surface area contributed by atoms with E-state index in [0.29, 0.717) is 0 Å². The summed E-state index contributed by atoms with van der Waals surface area (Å²) in [6.45, 7) is 5.67. The van der Waals surface area contributed by atoms with Gasteiger partial charge in [-0.1, -0.05) is 13.8 Å². The van der Waals surface area contributed by atoms with Gasteiger partial charge in [0.15, 0.2) is 0 Å². The SMILES string of the molecule is Cc1c(F)cc(C(=O)O)cc1S(=O)(=O)NCC1CC1(C)C. The quantitative estimate of drug-likeness (QED) is 0.872. The molecule has 0 heterocycles. The Morgan fingerprint density at radius 2 is 2.05 bits per heavy atom. The van der Waals surface area contributed by atoms with Gasteiger partial charge in [0, 0.05) is 12.1 Å². The van der Waals surface area contributed by atoms with Crippen molar-refractivity contribution in [1.82, 2.24) is 4.72 Å². The Hall–Kier alpha value is -1.47. The van der Waals surface area contributed by atoms with Crippen molar-refractivity contribution in [3.63, 3.8) is 0 Å². The number of nitrogens with one attached hydrogen (secondary N) is 1. The smallest absolute Gasteiger partial charge is 0.335 e. The Bertz CT molecular complexity index is 697. The van der Waals surface area contributed by atoms with Gasteiger partial charge in [0.05, 0.1) is 10.5 Å². The second-order valence-corrected chi connectivity index (χ2v) is 7.86. The largest absolute Gasteiger partial charge is 0.478 e. The number of carbonyl (C=O) groups is 1. The average molecular weight is 315 g/mol. The molecule has 0 radical (unpaired) electrons. The van der Waals surface area contributed by atoms with Gasteiger partial charge in [0.2, 0.25) is 10.0 Å². The highest BCUT2D eigenvalue weighted by atomic mass is 32.2. The second kappa shape index (κ2) is 5.06. The Kier molecular flexibility index (Phi) is 3.84. The normalized spacial score (nSPS) is 20.3. The van der Waals surface area contributed by atoms with Crippen LogP contribution in [-0.4, -0.2) is 26.0 Å². The standard InChI is InChI=1S/C14H18FNO4S/c1-8-11(15)4-9(13(17)18)5-12(8)21(19,20)16-7-10-6-14(10,2)3/h4-5,10,16H,6-7H2,1-3H3,(H,17,18). The molecule has 1 fully saturated rings. The van der Waals surface area contributed by atoms with Gasteiger partial charge in [-0.05, 0) is 36.8 Å². The van der Waals surface area contributed by atoms with Crippen molar-refractivity contribution in [3.8, 4) is 0 Å². The van der Waals surface area contributed by atoms with E-state index in [1.807, 2.05) is 13.8 Å². The van der Waals surface area contributed by atoms with Crippen LogP contribution >= 0.6 is 0 Å². The Morgan fingerprint density at radius 3 is 2.52 bits per heavy atom. The second-order valence-electron chi connectivity index (χ2n) is 6.13. The number of sulfonamides is 1. The van der Waals surface area contributed by atoms with Crippen LogP contribution in [0.3, 0.4) is 0 Å². The zero-order chi connectivity index (χ0) is 16.0. The van der Waals surface area contributed by atoms with Crippen molar-refractivity contribution >= 4 is 16.0 Å². The molecule has 2 rings (SSSR count). The highest BCUT2D eigenvalue weighted by molar-refractivity contribution is 7.89. The predicted octanol–water partition coefficient (Wildman–Crippen LogP) is 2.16. The zero-order valence-corrected chi connectivity index (χ0v) is 12.9. The van der Waals surface area contributed by atoms with Gasteiger partial charge in [-0.3, -0.25) is 0 Å². The van der Waals surface area contributed by atoms with E-state index < -0.39 is 21.8 Å². The molecule has 0 aromatic heterocycles. The van der Waals surface area contributed by atoms with E-state index in [9.17, 15) is 17.6 Å². The van der Waals surface area contributed by atoms with Crippen LogP contribution in [0.1, 0.15) is 36.2 Å². The monoisotopic (exact) mass is 315 g/mol. The first-order chi connectivity index (χ1) is 9.54. The molecule has 1 aromatic carbocycles. The third-order valence-corrected chi connectivity index (χ3v) is 5.62. The molecule has 116 valence electrons. The first-order valence-electron chi connectivity index (χ1n) is 6.58. The molecule has 7 heteroatoms. The lowest BCUT2D eigenvalue weighted by Gasteiger charge is -2.11.